The molecular weight excluding hydrogens is 244 g/mol. The average molecular weight is 254 g/mol. The number of fused-ring (bicyclic) bond motifs is 3. The Labute approximate surface area is 107 Å². The highest BCUT2D eigenvalue weighted by molar-refractivity contribution is 5.92. The molecule has 5 nitrogen and oxygen atoms in total. The number of ether oxygens (including phenoxy) is 2. The Kier molecular flexibility index (Phi) is 2.03. The fraction of sp³-hybridized carbons (Fsp3) is 0.143. The van der Waals surface area contributed by atoms with Crippen LogP contribution in [0.25, 0.3) is 21.9 Å². The largest absolute Gasteiger partial charge is 0.486 e. The quantitative estimate of drug-likeness (QED) is 0.622. The first-order valence-corrected chi connectivity index (χ1v) is 6.03. The molecule has 0 unspecified atom stereocenters. The highest BCUT2D eigenvalue weighted by atomic mass is 16.6. The molecule has 0 bridgehead atoms. The van der Waals surface area contributed by atoms with Crippen LogP contribution in [0.1, 0.15) is 0 Å². The summed E-state index contributed by atoms with van der Waals surface area (Å²) in [7, 11) is 0. The number of aromatic amines is 1. The molecule has 0 spiro atoms. The van der Waals surface area contributed by atoms with E-state index in [4.69, 9.17) is 9.47 Å². The van der Waals surface area contributed by atoms with E-state index >= 15 is 0 Å². The van der Waals surface area contributed by atoms with Crippen LogP contribution in [0, 0.1) is 0 Å². The first-order valence-electron chi connectivity index (χ1n) is 6.03. The number of benzene rings is 1. The van der Waals surface area contributed by atoms with Gasteiger partial charge in [0.15, 0.2) is 16.9 Å². The predicted molar refractivity (Wildman–Crippen MR) is 70.9 cm³/mol. The lowest BCUT2D eigenvalue weighted by Gasteiger charge is -2.18. The third-order valence-corrected chi connectivity index (χ3v) is 3.23. The van der Waals surface area contributed by atoms with E-state index in [0.717, 1.165) is 0 Å². The van der Waals surface area contributed by atoms with E-state index in [1.807, 2.05) is 0 Å². The predicted octanol–water partition coefficient (Wildman–Crippen LogP) is 1.85. The number of rotatable bonds is 0. The maximum atomic E-state index is 12.4. The molecule has 5 heteroatoms. The van der Waals surface area contributed by atoms with Gasteiger partial charge in [0.2, 0.25) is 0 Å². The van der Waals surface area contributed by atoms with Gasteiger partial charge in [0.05, 0.1) is 16.3 Å². The van der Waals surface area contributed by atoms with E-state index in [0.29, 0.717) is 46.6 Å². The van der Waals surface area contributed by atoms with Crippen molar-refractivity contribution < 1.29 is 9.47 Å². The van der Waals surface area contributed by atoms with Crippen LogP contribution >= 0.6 is 0 Å². The maximum Gasteiger partial charge on any atom is 0.198 e. The van der Waals surface area contributed by atoms with Crippen LogP contribution in [-0.4, -0.2) is 23.2 Å². The minimum absolute atomic E-state index is 0.0474. The lowest BCUT2D eigenvalue weighted by Crippen LogP contribution is -2.16. The van der Waals surface area contributed by atoms with Gasteiger partial charge in [0.25, 0.3) is 0 Å². The number of hydrogen-bond acceptors (Lipinski definition) is 4. The van der Waals surface area contributed by atoms with Crippen molar-refractivity contribution in [3.05, 3.63) is 40.7 Å². The number of nitrogens with zero attached hydrogens (tertiary/aromatic N) is 1. The molecule has 3 heterocycles. The van der Waals surface area contributed by atoms with Gasteiger partial charge in [0, 0.05) is 12.3 Å². The van der Waals surface area contributed by atoms with Crippen LogP contribution in [0.3, 0.4) is 0 Å². The maximum absolute atomic E-state index is 12.4. The zero-order valence-electron chi connectivity index (χ0n) is 9.97. The Morgan fingerprint density at radius 1 is 1.11 bits per heavy atom. The standard InChI is InChI=1S/C14H10N2O3/c17-13-8-2-1-3-15-14(8)16-10-7-12-11(6-9(10)13)18-4-5-19-12/h1-3,6-7H,4-5H2,(H,15,16,17). The van der Waals surface area contributed by atoms with Gasteiger partial charge >= 0.3 is 0 Å². The molecule has 4 rings (SSSR count). The molecule has 1 aliphatic heterocycles. The number of pyridine rings is 2. The molecular formula is C14H10N2O3. The summed E-state index contributed by atoms with van der Waals surface area (Å²) in [5.41, 5.74) is 1.24. The first-order chi connectivity index (χ1) is 9.33. The van der Waals surface area contributed by atoms with E-state index in [9.17, 15) is 4.79 Å². The van der Waals surface area contributed by atoms with Crippen LogP contribution in [0.15, 0.2) is 35.3 Å². The van der Waals surface area contributed by atoms with Gasteiger partial charge < -0.3 is 14.5 Å². The normalized spacial score (nSPS) is 13.9. The summed E-state index contributed by atoms with van der Waals surface area (Å²) in [6, 6.07) is 7.04. The van der Waals surface area contributed by atoms with Crippen molar-refractivity contribution in [1.29, 1.82) is 0 Å². The molecule has 0 aliphatic carbocycles. The molecule has 1 aromatic carbocycles. The molecule has 0 fully saturated rings. The van der Waals surface area contributed by atoms with Gasteiger partial charge in [-0.15, -0.1) is 0 Å². The van der Waals surface area contributed by atoms with Gasteiger partial charge in [-0.25, -0.2) is 4.98 Å². The molecule has 0 amide bonds. The molecule has 94 valence electrons. The van der Waals surface area contributed by atoms with Crippen LogP contribution in [-0.2, 0) is 0 Å². The lowest BCUT2D eigenvalue weighted by atomic mass is 10.1. The van der Waals surface area contributed by atoms with Crippen LogP contribution < -0.4 is 14.9 Å². The molecule has 19 heavy (non-hydrogen) atoms. The third kappa shape index (κ3) is 1.48. The lowest BCUT2D eigenvalue weighted by molar-refractivity contribution is 0.172. The Hall–Kier alpha value is -2.56. The molecule has 1 N–H and O–H groups in total. The van der Waals surface area contributed by atoms with Crippen LogP contribution in [0.5, 0.6) is 11.5 Å². The van der Waals surface area contributed by atoms with E-state index < -0.39 is 0 Å². The molecule has 0 radical (unpaired) electrons. The van der Waals surface area contributed by atoms with Gasteiger partial charge in [-0.3, -0.25) is 4.79 Å². The number of aromatic nitrogens is 2. The summed E-state index contributed by atoms with van der Waals surface area (Å²) in [5.74, 6) is 1.28. The second kappa shape index (κ2) is 3.71. The van der Waals surface area contributed by atoms with Crippen molar-refractivity contribution >= 4 is 21.9 Å². The van der Waals surface area contributed by atoms with E-state index in [-0.39, 0.29) is 5.43 Å². The minimum Gasteiger partial charge on any atom is -0.486 e. The van der Waals surface area contributed by atoms with Crippen molar-refractivity contribution in [3.63, 3.8) is 0 Å². The zero-order valence-corrected chi connectivity index (χ0v) is 9.97. The van der Waals surface area contributed by atoms with E-state index in [2.05, 4.69) is 9.97 Å². The number of H-pyrrole nitrogens is 1. The van der Waals surface area contributed by atoms with E-state index in [1.165, 1.54) is 0 Å². The highest BCUT2D eigenvalue weighted by Gasteiger charge is 2.15. The summed E-state index contributed by atoms with van der Waals surface area (Å²) in [5, 5.41) is 1.16. The molecule has 0 atom stereocenters. The third-order valence-electron chi connectivity index (χ3n) is 3.23. The Morgan fingerprint density at radius 3 is 2.74 bits per heavy atom. The summed E-state index contributed by atoms with van der Waals surface area (Å²) in [4.78, 5) is 19.7. The fourth-order valence-corrected chi connectivity index (χ4v) is 2.34. The van der Waals surface area contributed by atoms with E-state index in [1.54, 1.807) is 30.5 Å². The summed E-state index contributed by atoms with van der Waals surface area (Å²) >= 11 is 0. The van der Waals surface area contributed by atoms with Crippen molar-refractivity contribution in [2.24, 2.45) is 0 Å². The summed E-state index contributed by atoms with van der Waals surface area (Å²) < 4.78 is 11.0. The second-order valence-corrected chi connectivity index (χ2v) is 4.40. The van der Waals surface area contributed by atoms with Crippen molar-refractivity contribution in [2.45, 2.75) is 0 Å². The molecule has 0 saturated heterocycles. The second-order valence-electron chi connectivity index (χ2n) is 4.40. The summed E-state index contributed by atoms with van der Waals surface area (Å²) in [6.45, 7) is 1.03. The fourth-order valence-electron chi connectivity index (χ4n) is 2.34. The molecule has 3 aromatic rings. The zero-order chi connectivity index (χ0) is 12.8. The van der Waals surface area contributed by atoms with Gasteiger partial charge in [0.1, 0.15) is 18.9 Å². The number of nitrogens with one attached hydrogen (secondary N) is 1. The Balaban J connectivity index is 2.15. The highest BCUT2D eigenvalue weighted by Crippen LogP contribution is 2.33. The Morgan fingerprint density at radius 2 is 1.89 bits per heavy atom. The minimum atomic E-state index is -0.0474. The van der Waals surface area contributed by atoms with Gasteiger partial charge in [-0.05, 0) is 18.2 Å². The molecule has 2 aromatic heterocycles. The average Bonchev–Trinajstić information content (AvgIpc) is 2.46. The SMILES string of the molecule is O=c1c2cc3c(cc2[nH]c2ncccc12)OCCO3. The van der Waals surface area contributed by atoms with Crippen LogP contribution in [0.4, 0.5) is 0 Å². The van der Waals surface area contributed by atoms with Gasteiger partial charge in [-0.2, -0.15) is 0 Å². The topological polar surface area (TPSA) is 64.2 Å². The molecule has 1 aliphatic rings. The number of hydrogen-bond donors (Lipinski definition) is 1. The monoisotopic (exact) mass is 254 g/mol. The van der Waals surface area contributed by atoms with Crippen molar-refractivity contribution in [3.8, 4) is 11.5 Å². The van der Waals surface area contributed by atoms with Gasteiger partial charge in [-0.1, -0.05) is 0 Å². The summed E-state index contributed by atoms with van der Waals surface area (Å²) in [6.07, 6.45) is 1.65. The smallest absolute Gasteiger partial charge is 0.198 e. The van der Waals surface area contributed by atoms with Crippen molar-refractivity contribution in [1.82, 2.24) is 9.97 Å². The first kappa shape index (κ1) is 10.4. The van der Waals surface area contributed by atoms with Crippen LogP contribution in [0.2, 0.25) is 0 Å². The van der Waals surface area contributed by atoms with Crippen molar-refractivity contribution in [2.75, 3.05) is 13.2 Å². The molecule has 0 saturated carbocycles. The Bertz CT molecular complexity index is 854.